The van der Waals surface area contributed by atoms with Crippen LogP contribution in [-0.2, 0) is 26.2 Å². The van der Waals surface area contributed by atoms with E-state index in [4.69, 9.17) is 4.74 Å². The molecule has 0 radical (unpaired) electrons. The Morgan fingerprint density at radius 1 is 1.06 bits per heavy atom. The molecule has 33 heavy (non-hydrogen) atoms. The average Bonchev–Trinajstić information content (AvgIpc) is 2.79. The zero-order valence-electron chi connectivity index (χ0n) is 19.7. The number of hydrogen-bond acceptors (Lipinski definition) is 5. The van der Waals surface area contributed by atoms with Crippen molar-refractivity contribution in [1.29, 1.82) is 0 Å². The number of ether oxygens (including phenoxy) is 1. The maximum Gasteiger partial charge on any atom is 0.242 e. The number of hydrogen-bond donors (Lipinski definition) is 1. The number of carbonyl (C=O) groups is 2. The minimum atomic E-state index is -3.59. The summed E-state index contributed by atoms with van der Waals surface area (Å²) in [7, 11) is -2.11. The number of likely N-dealkylation sites (N-methyl/N-ethyl adjacent to an activating group) is 1. The Morgan fingerprint density at radius 3 is 2.30 bits per heavy atom. The number of nitrogens with one attached hydrogen (secondary N) is 1. The predicted octanol–water partition coefficient (Wildman–Crippen LogP) is 2.79. The summed E-state index contributed by atoms with van der Waals surface area (Å²) in [4.78, 5) is 27.1. The number of methoxy groups -OCH3 is 1. The lowest BCUT2D eigenvalue weighted by Crippen LogP contribution is -2.47. The van der Waals surface area contributed by atoms with Crippen LogP contribution in [0.4, 0.5) is 5.69 Å². The third-order valence-corrected chi connectivity index (χ3v) is 6.40. The molecule has 0 aromatic heterocycles. The highest BCUT2D eigenvalue weighted by atomic mass is 32.2. The highest BCUT2D eigenvalue weighted by Gasteiger charge is 2.26. The fourth-order valence-corrected chi connectivity index (χ4v) is 4.47. The maximum atomic E-state index is 13.1. The summed E-state index contributed by atoms with van der Waals surface area (Å²) in [6.07, 6.45) is 1.51. The van der Waals surface area contributed by atoms with Crippen molar-refractivity contribution >= 4 is 27.5 Å². The van der Waals surface area contributed by atoms with E-state index in [9.17, 15) is 18.0 Å². The quantitative estimate of drug-likeness (QED) is 0.509. The summed E-state index contributed by atoms with van der Waals surface area (Å²) in [5.41, 5.74) is 1.33. The molecular weight excluding hydrogens is 442 g/mol. The van der Waals surface area contributed by atoms with E-state index in [2.05, 4.69) is 5.32 Å². The third kappa shape index (κ3) is 7.49. The van der Waals surface area contributed by atoms with Gasteiger partial charge in [-0.1, -0.05) is 42.5 Å². The number of rotatable bonds is 12. The maximum absolute atomic E-state index is 13.1. The average molecular weight is 476 g/mol. The van der Waals surface area contributed by atoms with Crippen molar-refractivity contribution in [3.8, 4) is 5.75 Å². The van der Waals surface area contributed by atoms with E-state index >= 15 is 0 Å². The Hall–Kier alpha value is -3.07. The Kier molecular flexibility index (Phi) is 9.72. The highest BCUT2D eigenvalue weighted by Crippen LogP contribution is 2.29. The standard InChI is InChI=1S/C24H33N3O5S/c1-5-25-24(29)19(2)26(18-20-12-7-6-8-13-20)23(28)16-11-17-27(33(4,30)31)21-14-9-10-15-22(21)32-3/h6-10,12-15,19H,5,11,16-18H2,1-4H3,(H,25,29). The van der Waals surface area contributed by atoms with Crippen LogP contribution in [0.2, 0.25) is 0 Å². The largest absolute Gasteiger partial charge is 0.495 e. The first-order valence-electron chi connectivity index (χ1n) is 10.9. The van der Waals surface area contributed by atoms with Gasteiger partial charge in [0.15, 0.2) is 0 Å². The first-order valence-corrected chi connectivity index (χ1v) is 12.8. The second-order valence-corrected chi connectivity index (χ2v) is 9.60. The van der Waals surface area contributed by atoms with Crippen LogP contribution in [0.1, 0.15) is 32.3 Å². The summed E-state index contributed by atoms with van der Waals surface area (Å²) in [5, 5.41) is 2.76. The van der Waals surface area contributed by atoms with Gasteiger partial charge in [-0.15, -0.1) is 0 Å². The number of nitrogens with zero attached hydrogens (tertiary/aromatic N) is 2. The van der Waals surface area contributed by atoms with Crippen molar-refractivity contribution in [3.05, 3.63) is 60.2 Å². The molecule has 0 aliphatic carbocycles. The predicted molar refractivity (Wildman–Crippen MR) is 130 cm³/mol. The van der Waals surface area contributed by atoms with Gasteiger partial charge < -0.3 is 15.0 Å². The number of para-hydroxylation sites is 2. The Balaban J connectivity index is 2.16. The molecule has 0 saturated carbocycles. The number of carbonyl (C=O) groups excluding carboxylic acids is 2. The van der Waals surface area contributed by atoms with Crippen LogP contribution >= 0.6 is 0 Å². The minimum absolute atomic E-state index is 0.0950. The molecule has 180 valence electrons. The minimum Gasteiger partial charge on any atom is -0.495 e. The summed E-state index contributed by atoms with van der Waals surface area (Å²) in [6.45, 7) is 4.40. The van der Waals surface area contributed by atoms with Crippen LogP contribution in [0.3, 0.4) is 0 Å². The lowest BCUT2D eigenvalue weighted by molar-refractivity contribution is -0.140. The topological polar surface area (TPSA) is 96.0 Å². The third-order valence-electron chi connectivity index (χ3n) is 5.22. The van der Waals surface area contributed by atoms with E-state index in [0.29, 0.717) is 24.5 Å². The summed E-state index contributed by atoms with van der Waals surface area (Å²) < 4.78 is 31.4. The van der Waals surface area contributed by atoms with Gasteiger partial charge in [-0.2, -0.15) is 0 Å². The fraction of sp³-hybridized carbons (Fsp3) is 0.417. The van der Waals surface area contributed by atoms with Gasteiger partial charge in [0.2, 0.25) is 21.8 Å². The Morgan fingerprint density at radius 2 is 1.70 bits per heavy atom. The van der Waals surface area contributed by atoms with Crippen molar-refractivity contribution in [2.45, 2.75) is 39.3 Å². The number of benzene rings is 2. The van der Waals surface area contributed by atoms with Crippen LogP contribution in [0, 0.1) is 0 Å². The molecule has 0 spiro atoms. The molecule has 0 fully saturated rings. The van der Waals surface area contributed by atoms with Crippen molar-refractivity contribution in [2.24, 2.45) is 0 Å². The summed E-state index contributed by atoms with van der Waals surface area (Å²) >= 11 is 0. The SMILES string of the molecule is CCNC(=O)C(C)N(Cc1ccccc1)C(=O)CCCN(c1ccccc1OC)S(C)(=O)=O. The van der Waals surface area contributed by atoms with Gasteiger partial charge in [-0.3, -0.25) is 13.9 Å². The van der Waals surface area contributed by atoms with E-state index in [1.165, 1.54) is 16.3 Å². The van der Waals surface area contributed by atoms with Gasteiger partial charge in [0.1, 0.15) is 11.8 Å². The van der Waals surface area contributed by atoms with Gasteiger partial charge in [0, 0.05) is 26.1 Å². The van der Waals surface area contributed by atoms with Gasteiger partial charge in [0.25, 0.3) is 0 Å². The van der Waals surface area contributed by atoms with Crippen molar-refractivity contribution in [1.82, 2.24) is 10.2 Å². The molecule has 0 heterocycles. The highest BCUT2D eigenvalue weighted by molar-refractivity contribution is 7.92. The lowest BCUT2D eigenvalue weighted by atomic mass is 10.1. The van der Waals surface area contributed by atoms with E-state index in [0.717, 1.165) is 11.8 Å². The molecule has 9 heteroatoms. The lowest BCUT2D eigenvalue weighted by Gasteiger charge is -2.29. The van der Waals surface area contributed by atoms with Crippen LogP contribution in [0.25, 0.3) is 0 Å². The van der Waals surface area contributed by atoms with Crippen LogP contribution in [0.5, 0.6) is 5.75 Å². The van der Waals surface area contributed by atoms with Crippen LogP contribution in [-0.4, -0.2) is 57.6 Å². The molecule has 2 amide bonds. The molecule has 8 nitrogen and oxygen atoms in total. The van der Waals surface area contributed by atoms with Crippen LogP contribution < -0.4 is 14.4 Å². The molecular formula is C24H33N3O5S. The monoisotopic (exact) mass is 475 g/mol. The Labute approximate surface area is 196 Å². The van der Waals surface area contributed by atoms with Crippen molar-refractivity contribution in [3.63, 3.8) is 0 Å². The smallest absolute Gasteiger partial charge is 0.242 e. The Bertz CT molecular complexity index is 1030. The molecule has 2 aromatic rings. The first kappa shape index (κ1) is 26.2. The van der Waals surface area contributed by atoms with E-state index in [1.807, 2.05) is 37.3 Å². The molecule has 1 unspecified atom stereocenters. The molecule has 0 saturated heterocycles. The second kappa shape index (κ2) is 12.2. The molecule has 0 aliphatic rings. The summed E-state index contributed by atoms with van der Waals surface area (Å²) in [5.74, 6) is -0.00976. The number of anilines is 1. The van der Waals surface area contributed by atoms with Crippen molar-refractivity contribution in [2.75, 3.05) is 30.8 Å². The van der Waals surface area contributed by atoms with Gasteiger partial charge >= 0.3 is 0 Å². The first-order chi connectivity index (χ1) is 15.7. The fourth-order valence-electron chi connectivity index (χ4n) is 3.50. The molecule has 2 aromatic carbocycles. The van der Waals surface area contributed by atoms with Gasteiger partial charge in [-0.05, 0) is 38.0 Å². The van der Waals surface area contributed by atoms with Crippen LogP contribution in [0.15, 0.2) is 54.6 Å². The van der Waals surface area contributed by atoms with E-state index in [-0.39, 0.29) is 31.2 Å². The number of amides is 2. The molecule has 1 atom stereocenters. The normalized spacial score (nSPS) is 12.0. The zero-order chi connectivity index (χ0) is 24.4. The molecule has 1 N–H and O–H groups in total. The second-order valence-electron chi connectivity index (χ2n) is 7.69. The summed E-state index contributed by atoms with van der Waals surface area (Å²) in [6, 6.07) is 15.6. The molecule has 0 bridgehead atoms. The van der Waals surface area contributed by atoms with E-state index < -0.39 is 16.1 Å². The van der Waals surface area contributed by atoms with Crippen molar-refractivity contribution < 1.29 is 22.7 Å². The van der Waals surface area contributed by atoms with Gasteiger partial charge in [-0.25, -0.2) is 8.42 Å². The zero-order valence-corrected chi connectivity index (χ0v) is 20.5. The van der Waals surface area contributed by atoms with Gasteiger partial charge in [0.05, 0.1) is 19.1 Å². The molecule has 2 rings (SSSR count). The number of sulfonamides is 1. The molecule has 0 aliphatic heterocycles. The van der Waals surface area contributed by atoms with E-state index in [1.54, 1.807) is 31.2 Å².